The number of nitrogens with zero attached hydrogens (tertiary/aromatic N) is 2. The highest BCUT2D eigenvalue weighted by Crippen LogP contribution is 2.22. The molecule has 0 N–H and O–H groups in total. The van der Waals surface area contributed by atoms with Gasteiger partial charge in [0.1, 0.15) is 6.17 Å². The molecule has 2 amide bonds. The summed E-state index contributed by atoms with van der Waals surface area (Å²) in [6.07, 6.45) is -1.90. The van der Waals surface area contributed by atoms with Crippen LogP contribution in [0.1, 0.15) is 38.8 Å². The smallest absolute Gasteiger partial charge is 0.261 e. The Hall–Kier alpha value is -3.35. The first-order valence-corrected chi connectivity index (χ1v) is 11.5. The molecule has 176 valence electrons. The van der Waals surface area contributed by atoms with E-state index in [1.807, 2.05) is 60.7 Å². The Labute approximate surface area is 199 Å². The van der Waals surface area contributed by atoms with Crippen molar-refractivity contribution >= 4 is 11.8 Å². The fraction of sp³-hybridized carbons (Fsp3) is 0.286. The van der Waals surface area contributed by atoms with Crippen molar-refractivity contribution in [1.29, 1.82) is 0 Å². The molecule has 34 heavy (non-hydrogen) atoms. The van der Waals surface area contributed by atoms with Crippen LogP contribution in [-0.4, -0.2) is 53.6 Å². The molecule has 3 aromatic rings. The number of hydrogen-bond acceptors (Lipinski definition) is 4. The van der Waals surface area contributed by atoms with E-state index in [-0.39, 0.29) is 31.5 Å². The summed E-state index contributed by atoms with van der Waals surface area (Å²) >= 11 is 0. The van der Waals surface area contributed by atoms with Gasteiger partial charge in [0.25, 0.3) is 11.8 Å². The Balaban J connectivity index is 1.31. The third kappa shape index (κ3) is 5.76. The highest BCUT2D eigenvalue weighted by atomic mass is 19.1. The number of ether oxygens (including phenoxy) is 1. The largest absolute Gasteiger partial charge is 0.374 e. The SMILES string of the molecule is CC(OCCN1C(=O)c2ccccc2C1=O)C(F)CN(Cc1ccccc1)Cc1ccccc1. The maximum Gasteiger partial charge on any atom is 0.261 e. The zero-order valence-corrected chi connectivity index (χ0v) is 19.3. The average Bonchev–Trinajstić information content (AvgIpc) is 3.10. The number of rotatable bonds is 11. The van der Waals surface area contributed by atoms with E-state index in [2.05, 4.69) is 4.90 Å². The summed E-state index contributed by atoms with van der Waals surface area (Å²) in [6.45, 7) is 3.33. The molecule has 0 radical (unpaired) electrons. The van der Waals surface area contributed by atoms with Crippen LogP contribution in [-0.2, 0) is 17.8 Å². The number of fused-ring (bicyclic) bond motifs is 1. The van der Waals surface area contributed by atoms with Crippen molar-refractivity contribution in [2.24, 2.45) is 0 Å². The third-order valence-corrected chi connectivity index (χ3v) is 6.01. The summed E-state index contributed by atoms with van der Waals surface area (Å²) in [4.78, 5) is 28.2. The predicted molar refractivity (Wildman–Crippen MR) is 129 cm³/mol. The second-order valence-electron chi connectivity index (χ2n) is 8.54. The molecule has 1 aliphatic heterocycles. The van der Waals surface area contributed by atoms with Gasteiger partial charge in [0.2, 0.25) is 0 Å². The topological polar surface area (TPSA) is 49.9 Å². The molecule has 1 heterocycles. The number of amides is 2. The van der Waals surface area contributed by atoms with Crippen molar-refractivity contribution in [2.75, 3.05) is 19.7 Å². The molecule has 0 bridgehead atoms. The highest BCUT2D eigenvalue weighted by Gasteiger charge is 2.35. The number of benzene rings is 3. The Kier molecular flexibility index (Phi) is 7.83. The number of halogens is 1. The van der Waals surface area contributed by atoms with E-state index in [0.717, 1.165) is 11.1 Å². The summed E-state index contributed by atoms with van der Waals surface area (Å²) < 4.78 is 20.9. The average molecular weight is 461 g/mol. The standard InChI is InChI=1S/C28H29FN2O3/c1-21(34-17-16-31-27(32)24-14-8-9-15-25(24)28(31)33)26(29)20-30(18-22-10-4-2-5-11-22)19-23-12-6-3-7-13-23/h2-15,21,26H,16-20H2,1H3. The van der Waals surface area contributed by atoms with Crippen molar-refractivity contribution in [3.8, 4) is 0 Å². The lowest BCUT2D eigenvalue weighted by atomic mass is 10.1. The van der Waals surface area contributed by atoms with E-state index >= 15 is 4.39 Å². The first kappa shape index (κ1) is 23.8. The lowest BCUT2D eigenvalue weighted by Crippen LogP contribution is -2.38. The lowest BCUT2D eigenvalue weighted by molar-refractivity contribution is -0.0101. The van der Waals surface area contributed by atoms with Gasteiger partial charge in [-0.2, -0.15) is 0 Å². The fourth-order valence-corrected chi connectivity index (χ4v) is 4.14. The van der Waals surface area contributed by atoms with Crippen molar-refractivity contribution < 1.29 is 18.7 Å². The molecule has 2 unspecified atom stereocenters. The van der Waals surface area contributed by atoms with Crippen molar-refractivity contribution in [3.63, 3.8) is 0 Å². The zero-order chi connectivity index (χ0) is 23.9. The normalized spacial score (nSPS) is 15.0. The molecule has 0 fully saturated rings. The molecule has 4 rings (SSSR count). The first-order valence-electron chi connectivity index (χ1n) is 11.5. The molecule has 0 aliphatic carbocycles. The lowest BCUT2D eigenvalue weighted by Gasteiger charge is -2.27. The van der Waals surface area contributed by atoms with Gasteiger partial charge in [-0.25, -0.2) is 4.39 Å². The molecule has 2 atom stereocenters. The minimum Gasteiger partial charge on any atom is -0.374 e. The first-order chi connectivity index (χ1) is 16.5. The molecule has 0 saturated carbocycles. The van der Waals surface area contributed by atoms with Crippen molar-refractivity contribution in [1.82, 2.24) is 9.80 Å². The van der Waals surface area contributed by atoms with Crippen LogP contribution in [0.2, 0.25) is 0 Å². The molecule has 0 spiro atoms. The fourth-order valence-electron chi connectivity index (χ4n) is 4.14. The number of imide groups is 1. The maximum atomic E-state index is 15.2. The minimum atomic E-state index is -1.23. The Morgan fingerprint density at radius 3 is 1.76 bits per heavy atom. The second kappa shape index (κ2) is 11.2. The van der Waals surface area contributed by atoms with E-state index in [1.54, 1.807) is 31.2 Å². The molecular weight excluding hydrogens is 431 g/mol. The van der Waals surface area contributed by atoms with Gasteiger partial charge in [-0.3, -0.25) is 19.4 Å². The summed E-state index contributed by atoms with van der Waals surface area (Å²) in [7, 11) is 0. The quantitative estimate of drug-likeness (QED) is 0.388. The van der Waals surface area contributed by atoms with Crippen LogP contribution >= 0.6 is 0 Å². The van der Waals surface area contributed by atoms with Crippen LogP contribution in [0, 0.1) is 0 Å². The molecule has 0 saturated heterocycles. The van der Waals surface area contributed by atoms with E-state index < -0.39 is 12.3 Å². The Morgan fingerprint density at radius 1 is 0.794 bits per heavy atom. The molecule has 5 nitrogen and oxygen atoms in total. The van der Waals surface area contributed by atoms with E-state index in [0.29, 0.717) is 24.2 Å². The number of alkyl halides is 1. The van der Waals surface area contributed by atoms with E-state index in [9.17, 15) is 9.59 Å². The summed E-state index contributed by atoms with van der Waals surface area (Å²) in [5.41, 5.74) is 3.04. The van der Waals surface area contributed by atoms with Gasteiger partial charge in [0.05, 0.1) is 30.4 Å². The van der Waals surface area contributed by atoms with Gasteiger partial charge in [-0.05, 0) is 30.2 Å². The zero-order valence-electron chi connectivity index (χ0n) is 19.3. The van der Waals surface area contributed by atoms with Crippen molar-refractivity contribution in [3.05, 3.63) is 107 Å². The van der Waals surface area contributed by atoms with Gasteiger partial charge >= 0.3 is 0 Å². The Bertz CT molecular complexity index is 1030. The molecular formula is C28H29FN2O3. The van der Waals surface area contributed by atoms with E-state index in [1.165, 1.54) is 4.90 Å². The van der Waals surface area contributed by atoms with Gasteiger partial charge in [-0.1, -0.05) is 72.8 Å². The van der Waals surface area contributed by atoms with Crippen LogP contribution in [0.3, 0.4) is 0 Å². The van der Waals surface area contributed by atoms with Gasteiger partial charge in [0.15, 0.2) is 0 Å². The number of carbonyl (C=O) groups is 2. The Morgan fingerprint density at radius 2 is 1.26 bits per heavy atom. The maximum absolute atomic E-state index is 15.2. The summed E-state index contributed by atoms with van der Waals surface area (Å²) in [5, 5.41) is 0. The van der Waals surface area contributed by atoms with Gasteiger partial charge in [-0.15, -0.1) is 0 Å². The molecule has 1 aliphatic rings. The molecule has 0 aromatic heterocycles. The highest BCUT2D eigenvalue weighted by molar-refractivity contribution is 6.21. The summed E-state index contributed by atoms with van der Waals surface area (Å²) in [6, 6.07) is 26.7. The minimum absolute atomic E-state index is 0.0877. The van der Waals surface area contributed by atoms with Crippen LogP contribution in [0.15, 0.2) is 84.9 Å². The predicted octanol–water partition coefficient (Wildman–Crippen LogP) is 4.73. The molecule has 3 aromatic carbocycles. The van der Waals surface area contributed by atoms with Gasteiger partial charge < -0.3 is 4.74 Å². The summed E-state index contributed by atoms with van der Waals surface area (Å²) in [5.74, 6) is -0.656. The van der Waals surface area contributed by atoms with Crippen LogP contribution in [0.25, 0.3) is 0 Å². The third-order valence-electron chi connectivity index (χ3n) is 6.01. The van der Waals surface area contributed by atoms with Crippen LogP contribution in [0.5, 0.6) is 0 Å². The second-order valence-corrected chi connectivity index (χ2v) is 8.54. The molecule has 6 heteroatoms. The number of hydrogen-bond donors (Lipinski definition) is 0. The van der Waals surface area contributed by atoms with Crippen LogP contribution < -0.4 is 0 Å². The van der Waals surface area contributed by atoms with Crippen LogP contribution in [0.4, 0.5) is 4.39 Å². The monoisotopic (exact) mass is 460 g/mol. The number of carbonyl (C=O) groups excluding carboxylic acids is 2. The van der Waals surface area contributed by atoms with Gasteiger partial charge in [0, 0.05) is 19.6 Å². The van der Waals surface area contributed by atoms with E-state index in [4.69, 9.17) is 4.74 Å². The van der Waals surface area contributed by atoms with Crippen molar-refractivity contribution in [2.45, 2.75) is 32.3 Å².